The third-order valence-corrected chi connectivity index (χ3v) is 4.57. The fraction of sp³-hybridized carbons (Fsp3) is 0.500. The molecule has 0 bridgehead atoms. The summed E-state index contributed by atoms with van der Waals surface area (Å²) >= 11 is 0. The SMILES string of the molecule is CC1CCN(CN2C(=O)c3ccccc3C2=O)C(CN)C1. The van der Waals surface area contributed by atoms with Crippen LogP contribution < -0.4 is 5.73 Å². The van der Waals surface area contributed by atoms with Crippen LogP contribution in [0, 0.1) is 5.92 Å². The summed E-state index contributed by atoms with van der Waals surface area (Å²) in [6, 6.07) is 7.26. The molecule has 0 aliphatic carbocycles. The highest BCUT2D eigenvalue weighted by molar-refractivity contribution is 6.21. The quantitative estimate of drug-likeness (QED) is 0.851. The highest BCUT2D eigenvalue weighted by atomic mass is 16.2. The topological polar surface area (TPSA) is 66.6 Å². The molecule has 1 saturated heterocycles. The van der Waals surface area contributed by atoms with Crippen LogP contribution in [-0.4, -0.2) is 47.4 Å². The summed E-state index contributed by atoms with van der Waals surface area (Å²) in [6.07, 6.45) is 2.11. The summed E-state index contributed by atoms with van der Waals surface area (Å²) in [6.45, 7) is 4.02. The number of imide groups is 1. The molecule has 5 nitrogen and oxygen atoms in total. The Bertz CT molecular complexity index is 537. The van der Waals surface area contributed by atoms with Gasteiger partial charge in [0.15, 0.2) is 0 Å². The van der Waals surface area contributed by atoms with Crippen molar-refractivity contribution in [3.05, 3.63) is 35.4 Å². The number of nitrogens with two attached hydrogens (primary N) is 1. The summed E-state index contributed by atoms with van der Waals surface area (Å²) in [5.74, 6) is 0.270. The molecule has 2 atom stereocenters. The Morgan fingerprint density at radius 3 is 2.38 bits per heavy atom. The third kappa shape index (κ3) is 2.47. The van der Waals surface area contributed by atoms with E-state index >= 15 is 0 Å². The highest BCUT2D eigenvalue weighted by Crippen LogP contribution is 2.26. The minimum absolute atomic E-state index is 0.190. The van der Waals surface area contributed by atoms with Crippen molar-refractivity contribution < 1.29 is 9.59 Å². The van der Waals surface area contributed by atoms with Crippen LogP contribution in [0.15, 0.2) is 24.3 Å². The molecule has 2 aliphatic rings. The van der Waals surface area contributed by atoms with Gasteiger partial charge >= 0.3 is 0 Å². The predicted octanol–water partition coefficient (Wildman–Crippen LogP) is 1.30. The van der Waals surface area contributed by atoms with Crippen LogP contribution in [0.5, 0.6) is 0 Å². The van der Waals surface area contributed by atoms with Gasteiger partial charge in [-0.1, -0.05) is 19.1 Å². The van der Waals surface area contributed by atoms with Crippen molar-refractivity contribution in [2.24, 2.45) is 11.7 Å². The van der Waals surface area contributed by atoms with Crippen LogP contribution in [0.4, 0.5) is 0 Å². The zero-order valence-corrected chi connectivity index (χ0v) is 12.3. The van der Waals surface area contributed by atoms with Crippen molar-refractivity contribution in [3.63, 3.8) is 0 Å². The summed E-state index contributed by atoms with van der Waals surface area (Å²) in [7, 11) is 0. The molecule has 5 heteroatoms. The highest BCUT2D eigenvalue weighted by Gasteiger charge is 2.37. The summed E-state index contributed by atoms with van der Waals surface area (Å²) in [5.41, 5.74) is 6.88. The summed E-state index contributed by atoms with van der Waals surface area (Å²) < 4.78 is 0. The van der Waals surface area contributed by atoms with Crippen molar-refractivity contribution >= 4 is 11.8 Å². The van der Waals surface area contributed by atoms with Crippen molar-refractivity contribution in [3.8, 4) is 0 Å². The second kappa shape index (κ2) is 5.58. The molecule has 2 aliphatic heterocycles. The Morgan fingerprint density at radius 2 is 1.81 bits per heavy atom. The van der Waals surface area contributed by atoms with E-state index in [4.69, 9.17) is 5.73 Å². The van der Waals surface area contributed by atoms with Gasteiger partial charge in [-0.15, -0.1) is 0 Å². The van der Waals surface area contributed by atoms with Gasteiger partial charge in [0.2, 0.25) is 0 Å². The fourth-order valence-electron chi connectivity index (χ4n) is 3.28. The molecule has 2 unspecified atom stereocenters. The lowest BCUT2D eigenvalue weighted by molar-refractivity contribution is 0.0383. The maximum Gasteiger partial charge on any atom is 0.262 e. The number of carbonyl (C=O) groups is 2. The first-order chi connectivity index (χ1) is 10.1. The standard InChI is InChI=1S/C16H21N3O2/c1-11-6-7-18(12(8-11)9-17)10-19-15(20)13-4-2-3-5-14(13)16(19)21/h2-5,11-12H,6-10,17H2,1H3. The number of likely N-dealkylation sites (tertiary alicyclic amines) is 1. The molecule has 0 saturated carbocycles. The second-order valence-electron chi connectivity index (χ2n) is 6.06. The van der Waals surface area contributed by atoms with Crippen molar-refractivity contribution in [1.29, 1.82) is 0 Å². The van der Waals surface area contributed by atoms with E-state index in [-0.39, 0.29) is 17.9 Å². The smallest absolute Gasteiger partial charge is 0.262 e. The first-order valence-electron chi connectivity index (χ1n) is 7.51. The number of benzene rings is 1. The van der Waals surface area contributed by atoms with Gasteiger partial charge in [-0.3, -0.25) is 19.4 Å². The van der Waals surface area contributed by atoms with E-state index in [1.807, 2.05) is 0 Å². The first kappa shape index (κ1) is 14.2. The van der Waals surface area contributed by atoms with Crippen LogP contribution in [0.1, 0.15) is 40.5 Å². The zero-order chi connectivity index (χ0) is 15.0. The van der Waals surface area contributed by atoms with Gasteiger partial charge in [0, 0.05) is 19.1 Å². The van der Waals surface area contributed by atoms with Gasteiger partial charge in [-0.05, 0) is 30.9 Å². The van der Waals surface area contributed by atoms with E-state index in [2.05, 4.69) is 11.8 Å². The molecule has 2 heterocycles. The molecule has 0 aromatic heterocycles. The predicted molar refractivity (Wildman–Crippen MR) is 79.8 cm³/mol. The summed E-state index contributed by atoms with van der Waals surface area (Å²) in [4.78, 5) is 28.3. The second-order valence-corrected chi connectivity index (χ2v) is 6.06. The Balaban J connectivity index is 1.77. The van der Waals surface area contributed by atoms with Gasteiger partial charge < -0.3 is 5.73 Å². The first-order valence-corrected chi connectivity index (χ1v) is 7.51. The number of carbonyl (C=O) groups excluding carboxylic acids is 2. The number of hydrogen-bond donors (Lipinski definition) is 1. The molecular formula is C16H21N3O2. The Hall–Kier alpha value is -1.72. The van der Waals surface area contributed by atoms with Crippen LogP contribution in [0.2, 0.25) is 0 Å². The average molecular weight is 287 g/mol. The number of nitrogens with zero attached hydrogens (tertiary/aromatic N) is 2. The maximum atomic E-state index is 12.4. The minimum Gasteiger partial charge on any atom is -0.329 e. The fourth-order valence-corrected chi connectivity index (χ4v) is 3.28. The van der Waals surface area contributed by atoms with Crippen LogP contribution in [0.25, 0.3) is 0 Å². The van der Waals surface area contributed by atoms with E-state index in [1.165, 1.54) is 4.90 Å². The number of hydrogen-bond acceptors (Lipinski definition) is 4. The van der Waals surface area contributed by atoms with Crippen LogP contribution in [0.3, 0.4) is 0 Å². The lowest BCUT2D eigenvalue weighted by atomic mass is 9.93. The molecule has 3 rings (SSSR count). The van der Waals surface area contributed by atoms with E-state index in [1.54, 1.807) is 24.3 Å². The van der Waals surface area contributed by atoms with E-state index in [9.17, 15) is 9.59 Å². The molecule has 0 radical (unpaired) electrons. The molecule has 1 aromatic carbocycles. The average Bonchev–Trinajstić information content (AvgIpc) is 2.74. The third-order valence-electron chi connectivity index (χ3n) is 4.57. The van der Waals surface area contributed by atoms with Crippen molar-refractivity contribution in [2.75, 3.05) is 19.8 Å². The minimum atomic E-state index is -0.190. The molecule has 21 heavy (non-hydrogen) atoms. The molecule has 112 valence electrons. The number of amides is 2. The van der Waals surface area contributed by atoms with E-state index in [0.717, 1.165) is 19.4 Å². The Labute approximate surface area is 124 Å². The number of rotatable bonds is 3. The van der Waals surface area contributed by atoms with E-state index < -0.39 is 0 Å². The van der Waals surface area contributed by atoms with Gasteiger partial charge in [0.1, 0.15) is 0 Å². The molecule has 0 spiro atoms. The molecule has 1 aromatic rings. The van der Waals surface area contributed by atoms with Gasteiger partial charge in [-0.2, -0.15) is 0 Å². The van der Waals surface area contributed by atoms with Gasteiger partial charge in [0.05, 0.1) is 17.8 Å². The monoisotopic (exact) mass is 287 g/mol. The van der Waals surface area contributed by atoms with Crippen molar-refractivity contribution in [2.45, 2.75) is 25.8 Å². The Kier molecular flexibility index (Phi) is 3.78. The van der Waals surface area contributed by atoms with E-state index in [0.29, 0.717) is 30.3 Å². The number of fused-ring (bicyclic) bond motifs is 1. The van der Waals surface area contributed by atoms with Crippen LogP contribution in [-0.2, 0) is 0 Å². The zero-order valence-electron chi connectivity index (χ0n) is 12.3. The molecule has 2 amide bonds. The van der Waals surface area contributed by atoms with Crippen molar-refractivity contribution in [1.82, 2.24) is 9.80 Å². The lowest BCUT2D eigenvalue weighted by Crippen LogP contribution is -2.51. The normalized spacial score (nSPS) is 26.3. The van der Waals surface area contributed by atoms with Gasteiger partial charge in [-0.25, -0.2) is 0 Å². The molecule has 1 fully saturated rings. The largest absolute Gasteiger partial charge is 0.329 e. The molecule has 2 N–H and O–H groups in total. The maximum absolute atomic E-state index is 12.4. The van der Waals surface area contributed by atoms with Crippen LogP contribution >= 0.6 is 0 Å². The Morgan fingerprint density at radius 1 is 1.19 bits per heavy atom. The lowest BCUT2D eigenvalue weighted by Gasteiger charge is -2.39. The van der Waals surface area contributed by atoms with Gasteiger partial charge in [0.25, 0.3) is 11.8 Å². The molecular weight excluding hydrogens is 266 g/mol. The number of piperidine rings is 1. The summed E-state index contributed by atoms with van der Waals surface area (Å²) in [5, 5.41) is 0.